The molecule has 122 valence electrons. The lowest BCUT2D eigenvalue weighted by atomic mass is 10.2. The fourth-order valence-electron chi connectivity index (χ4n) is 1.59. The molecule has 0 saturated carbocycles. The lowest BCUT2D eigenvalue weighted by molar-refractivity contribution is -0.137. The number of halogens is 6. The van der Waals surface area contributed by atoms with Gasteiger partial charge in [-0.25, -0.2) is 9.78 Å². The standard InChI is InChI=1S/C13H7Cl3F3N3O/c14-7-1-2-9(8(15)5-7)20-12(23)22-11-4-6(13(17,18)19)3-10(16)21-11/h1-5H,(H2,20,21,22,23). The molecule has 0 saturated heterocycles. The van der Waals surface area contributed by atoms with Crippen LogP contribution in [0.1, 0.15) is 5.56 Å². The van der Waals surface area contributed by atoms with Crippen molar-refractivity contribution < 1.29 is 18.0 Å². The van der Waals surface area contributed by atoms with Crippen LogP contribution in [0.4, 0.5) is 29.5 Å². The molecule has 0 spiro atoms. The lowest BCUT2D eigenvalue weighted by Gasteiger charge is -2.11. The molecule has 0 atom stereocenters. The molecular weight excluding hydrogens is 378 g/mol. The van der Waals surface area contributed by atoms with Crippen LogP contribution in [-0.4, -0.2) is 11.0 Å². The highest BCUT2D eigenvalue weighted by Gasteiger charge is 2.31. The van der Waals surface area contributed by atoms with Gasteiger partial charge in [0.05, 0.1) is 16.3 Å². The van der Waals surface area contributed by atoms with Gasteiger partial charge in [0.15, 0.2) is 0 Å². The molecule has 2 N–H and O–H groups in total. The molecular formula is C13H7Cl3F3N3O. The zero-order valence-electron chi connectivity index (χ0n) is 11.0. The van der Waals surface area contributed by atoms with E-state index in [1.807, 2.05) is 0 Å². The number of benzene rings is 1. The highest BCUT2D eigenvalue weighted by atomic mass is 35.5. The Balaban J connectivity index is 2.15. The fourth-order valence-corrected chi connectivity index (χ4v) is 2.25. The van der Waals surface area contributed by atoms with Crippen molar-refractivity contribution in [3.05, 3.63) is 51.1 Å². The monoisotopic (exact) mass is 383 g/mol. The number of aromatic nitrogens is 1. The zero-order chi connectivity index (χ0) is 17.2. The van der Waals surface area contributed by atoms with Gasteiger partial charge in [-0.2, -0.15) is 13.2 Å². The predicted molar refractivity (Wildman–Crippen MR) is 83.4 cm³/mol. The summed E-state index contributed by atoms with van der Waals surface area (Å²) in [5.74, 6) is -0.354. The third-order valence-corrected chi connectivity index (χ3v) is 3.28. The second kappa shape index (κ2) is 6.82. The van der Waals surface area contributed by atoms with Crippen molar-refractivity contribution in [2.45, 2.75) is 6.18 Å². The Morgan fingerprint density at radius 2 is 1.74 bits per heavy atom. The SMILES string of the molecule is O=C(Nc1cc(C(F)(F)F)cc(Cl)n1)Nc1ccc(Cl)cc1Cl. The number of anilines is 2. The topological polar surface area (TPSA) is 54.0 Å². The highest BCUT2D eigenvalue weighted by molar-refractivity contribution is 6.36. The number of alkyl halides is 3. The van der Waals surface area contributed by atoms with Gasteiger partial charge in [-0.1, -0.05) is 34.8 Å². The van der Waals surface area contributed by atoms with Crippen LogP contribution in [0.3, 0.4) is 0 Å². The van der Waals surface area contributed by atoms with Gasteiger partial charge >= 0.3 is 12.2 Å². The average molecular weight is 385 g/mol. The number of hydrogen-bond donors (Lipinski definition) is 2. The summed E-state index contributed by atoms with van der Waals surface area (Å²) in [5, 5.41) is 4.64. The van der Waals surface area contributed by atoms with Crippen LogP contribution in [0.25, 0.3) is 0 Å². The highest BCUT2D eigenvalue weighted by Crippen LogP contribution is 2.32. The molecule has 4 nitrogen and oxygen atoms in total. The van der Waals surface area contributed by atoms with Crippen molar-refractivity contribution in [3.63, 3.8) is 0 Å². The number of carbonyl (C=O) groups is 1. The number of carbonyl (C=O) groups excluding carboxylic acids is 1. The Labute approximate surface area is 143 Å². The molecule has 1 aromatic carbocycles. The van der Waals surface area contributed by atoms with Gasteiger partial charge in [0.2, 0.25) is 0 Å². The van der Waals surface area contributed by atoms with E-state index < -0.39 is 22.9 Å². The second-order valence-corrected chi connectivity index (χ2v) is 5.50. The number of rotatable bonds is 2. The van der Waals surface area contributed by atoms with E-state index in [1.54, 1.807) is 0 Å². The van der Waals surface area contributed by atoms with Crippen molar-refractivity contribution in [1.29, 1.82) is 0 Å². The van der Waals surface area contributed by atoms with Crippen LogP contribution in [0.15, 0.2) is 30.3 Å². The first kappa shape index (κ1) is 17.7. The maximum Gasteiger partial charge on any atom is 0.416 e. The van der Waals surface area contributed by atoms with Gasteiger partial charge in [-0.3, -0.25) is 5.32 Å². The third kappa shape index (κ3) is 4.89. The molecule has 2 rings (SSSR count). The van der Waals surface area contributed by atoms with Crippen LogP contribution in [0.5, 0.6) is 0 Å². The number of hydrogen-bond acceptors (Lipinski definition) is 2. The number of nitrogens with one attached hydrogen (secondary N) is 2. The number of urea groups is 1. The molecule has 2 aromatic rings. The third-order valence-electron chi connectivity index (χ3n) is 2.54. The molecule has 23 heavy (non-hydrogen) atoms. The van der Waals surface area contributed by atoms with Crippen molar-refractivity contribution in [3.8, 4) is 0 Å². The van der Waals surface area contributed by atoms with E-state index in [2.05, 4.69) is 15.6 Å². The van der Waals surface area contributed by atoms with Crippen LogP contribution >= 0.6 is 34.8 Å². The molecule has 0 bridgehead atoms. The molecule has 2 amide bonds. The summed E-state index contributed by atoms with van der Waals surface area (Å²) in [7, 11) is 0. The first-order valence-electron chi connectivity index (χ1n) is 5.93. The first-order valence-corrected chi connectivity index (χ1v) is 7.06. The normalized spacial score (nSPS) is 11.2. The summed E-state index contributed by atoms with van der Waals surface area (Å²) < 4.78 is 38.0. The second-order valence-electron chi connectivity index (χ2n) is 4.26. The van der Waals surface area contributed by atoms with E-state index in [4.69, 9.17) is 34.8 Å². The van der Waals surface area contributed by atoms with Crippen molar-refractivity contribution >= 4 is 52.3 Å². The quantitative estimate of drug-likeness (QED) is 0.652. The van der Waals surface area contributed by atoms with Gasteiger partial charge in [0, 0.05) is 5.02 Å². The predicted octanol–water partition coefficient (Wildman–Crippen LogP) is 5.70. The van der Waals surface area contributed by atoms with E-state index in [9.17, 15) is 18.0 Å². The molecule has 0 fully saturated rings. The molecule has 1 aromatic heterocycles. The Hall–Kier alpha value is -1.70. The minimum absolute atomic E-state index is 0.169. The Kier molecular flexibility index (Phi) is 5.23. The average Bonchev–Trinajstić information content (AvgIpc) is 2.40. The van der Waals surface area contributed by atoms with E-state index in [-0.39, 0.29) is 16.5 Å². The van der Waals surface area contributed by atoms with Crippen LogP contribution in [0, 0.1) is 0 Å². The maximum absolute atomic E-state index is 12.7. The summed E-state index contributed by atoms with van der Waals surface area (Å²) >= 11 is 17.1. The van der Waals surface area contributed by atoms with Crippen LogP contribution < -0.4 is 10.6 Å². The van der Waals surface area contributed by atoms with E-state index in [1.165, 1.54) is 18.2 Å². The summed E-state index contributed by atoms with van der Waals surface area (Å²) in [6, 6.07) is 4.81. The molecule has 0 aliphatic heterocycles. The first-order chi connectivity index (χ1) is 10.6. The number of nitrogens with zero attached hydrogens (tertiary/aromatic N) is 1. The van der Waals surface area contributed by atoms with E-state index in [0.717, 1.165) is 0 Å². The molecule has 0 aliphatic rings. The van der Waals surface area contributed by atoms with Crippen LogP contribution in [0.2, 0.25) is 15.2 Å². The minimum Gasteiger partial charge on any atom is -0.306 e. The number of amides is 2. The van der Waals surface area contributed by atoms with Crippen molar-refractivity contribution in [2.75, 3.05) is 10.6 Å². The summed E-state index contributed by atoms with van der Waals surface area (Å²) in [4.78, 5) is 15.4. The van der Waals surface area contributed by atoms with Gasteiger partial charge in [0.25, 0.3) is 0 Å². The Bertz CT molecular complexity index is 753. The van der Waals surface area contributed by atoms with Crippen LogP contribution in [-0.2, 0) is 6.18 Å². The molecule has 10 heteroatoms. The van der Waals surface area contributed by atoms with Crippen molar-refractivity contribution in [1.82, 2.24) is 4.98 Å². The largest absolute Gasteiger partial charge is 0.416 e. The maximum atomic E-state index is 12.7. The lowest BCUT2D eigenvalue weighted by Crippen LogP contribution is -2.21. The Morgan fingerprint density at radius 3 is 2.35 bits per heavy atom. The van der Waals surface area contributed by atoms with Gasteiger partial charge < -0.3 is 5.32 Å². The number of pyridine rings is 1. The summed E-state index contributed by atoms with van der Waals surface area (Å²) in [6.45, 7) is 0. The zero-order valence-corrected chi connectivity index (χ0v) is 13.3. The van der Waals surface area contributed by atoms with E-state index >= 15 is 0 Å². The summed E-state index contributed by atoms with van der Waals surface area (Å²) in [5.41, 5.74) is -0.802. The smallest absolute Gasteiger partial charge is 0.306 e. The molecule has 0 aliphatic carbocycles. The molecule has 0 radical (unpaired) electrons. The van der Waals surface area contributed by atoms with Gasteiger partial charge in [0.1, 0.15) is 11.0 Å². The minimum atomic E-state index is -4.61. The van der Waals surface area contributed by atoms with Gasteiger partial charge in [-0.05, 0) is 30.3 Å². The fraction of sp³-hybridized carbons (Fsp3) is 0.0769. The van der Waals surface area contributed by atoms with E-state index in [0.29, 0.717) is 17.2 Å². The van der Waals surface area contributed by atoms with Gasteiger partial charge in [-0.15, -0.1) is 0 Å². The summed E-state index contributed by atoms with van der Waals surface area (Å²) in [6.07, 6.45) is -4.61. The molecule has 1 heterocycles. The Morgan fingerprint density at radius 1 is 1.04 bits per heavy atom. The van der Waals surface area contributed by atoms with Crippen molar-refractivity contribution in [2.24, 2.45) is 0 Å². The molecule has 0 unspecified atom stereocenters.